The Labute approximate surface area is 156 Å². The fourth-order valence-corrected chi connectivity index (χ4v) is 3.89. The van der Waals surface area contributed by atoms with Crippen molar-refractivity contribution in [1.82, 2.24) is 19.4 Å². The quantitative estimate of drug-likeness (QED) is 0.753. The first kappa shape index (κ1) is 16.8. The number of nitrogens with one attached hydrogen (secondary N) is 1. The maximum absolute atomic E-state index is 12.8. The normalized spacial score (nSPS) is 16.8. The smallest absolute Gasteiger partial charge is 0.273 e. The van der Waals surface area contributed by atoms with E-state index in [0.717, 1.165) is 31.9 Å². The molecule has 0 fully saturated rings. The zero-order valence-corrected chi connectivity index (χ0v) is 15.2. The van der Waals surface area contributed by atoms with Crippen LogP contribution in [0.2, 0.25) is 0 Å². The second-order valence-electron chi connectivity index (χ2n) is 6.51. The van der Waals surface area contributed by atoms with E-state index in [4.69, 9.17) is 0 Å². The Balaban J connectivity index is 1.45. The Morgan fingerprint density at radius 3 is 3.00 bits per heavy atom. The first-order valence-electron chi connectivity index (χ1n) is 8.76. The summed E-state index contributed by atoms with van der Waals surface area (Å²) in [5, 5.41) is 5.19. The summed E-state index contributed by atoms with van der Waals surface area (Å²) < 4.78 is 2.26. The van der Waals surface area contributed by atoms with Gasteiger partial charge in [-0.1, -0.05) is 6.07 Å². The van der Waals surface area contributed by atoms with Gasteiger partial charge in [0.15, 0.2) is 0 Å². The summed E-state index contributed by atoms with van der Waals surface area (Å²) in [6.07, 6.45) is 4.86. The number of fused-ring (bicyclic) bond motifs is 1. The van der Waals surface area contributed by atoms with Crippen molar-refractivity contribution >= 4 is 23.1 Å². The van der Waals surface area contributed by atoms with Crippen molar-refractivity contribution in [2.45, 2.75) is 19.5 Å². The van der Waals surface area contributed by atoms with Gasteiger partial charge in [-0.05, 0) is 36.6 Å². The zero-order valence-electron chi connectivity index (χ0n) is 14.4. The van der Waals surface area contributed by atoms with Gasteiger partial charge in [-0.2, -0.15) is 0 Å². The number of anilines is 1. The number of aromatic nitrogens is 3. The summed E-state index contributed by atoms with van der Waals surface area (Å²) in [5.74, 6) is 1.28. The summed E-state index contributed by atoms with van der Waals surface area (Å²) in [7, 11) is 0. The molecule has 3 aromatic heterocycles. The molecule has 0 aliphatic carbocycles. The summed E-state index contributed by atoms with van der Waals surface area (Å²) in [6.45, 7) is 3.12. The molecular weight excluding hydrogens is 346 g/mol. The molecule has 0 unspecified atom stereocenters. The van der Waals surface area contributed by atoms with E-state index in [2.05, 4.69) is 38.2 Å². The summed E-state index contributed by atoms with van der Waals surface area (Å²) in [5.41, 5.74) is 3.43. The fraction of sp³-hybridized carbons (Fsp3) is 0.316. The molecule has 0 radical (unpaired) electrons. The molecule has 1 amide bonds. The Kier molecular flexibility index (Phi) is 4.97. The van der Waals surface area contributed by atoms with Crippen LogP contribution in [0, 0.1) is 5.92 Å². The topological polar surface area (TPSA) is 63.1 Å². The summed E-state index contributed by atoms with van der Waals surface area (Å²) in [4.78, 5) is 23.2. The number of hydrogen-bond acceptors (Lipinski definition) is 5. The van der Waals surface area contributed by atoms with E-state index in [1.165, 1.54) is 17.0 Å². The number of pyridine rings is 1. The van der Waals surface area contributed by atoms with Gasteiger partial charge in [0.1, 0.15) is 11.5 Å². The third-order valence-corrected chi connectivity index (χ3v) is 5.26. The largest absolute Gasteiger partial charge is 0.370 e. The van der Waals surface area contributed by atoms with Crippen LogP contribution in [0.3, 0.4) is 0 Å². The molecule has 0 bridgehead atoms. The highest BCUT2D eigenvalue weighted by Crippen LogP contribution is 2.21. The molecule has 1 aliphatic rings. The van der Waals surface area contributed by atoms with Gasteiger partial charge in [0, 0.05) is 43.1 Å². The van der Waals surface area contributed by atoms with Crippen molar-refractivity contribution in [3.05, 3.63) is 65.0 Å². The van der Waals surface area contributed by atoms with Crippen LogP contribution in [0.25, 0.3) is 0 Å². The molecule has 134 valence electrons. The molecule has 1 atom stereocenters. The number of carbonyl (C=O) groups is 1. The number of nitrogens with zero attached hydrogens (tertiary/aromatic N) is 4. The first-order chi connectivity index (χ1) is 12.8. The van der Waals surface area contributed by atoms with Crippen LogP contribution in [0.1, 0.15) is 22.6 Å². The van der Waals surface area contributed by atoms with Crippen LogP contribution in [-0.2, 0) is 13.1 Å². The van der Waals surface area contributed by atoms with E-state index in [1.807, 2.05) is 28.5 Å². The van der Waals surface area contributed by atoms with Gasteiger partial charge in [-0.3, -0.25) is 4.79 Å². The molecule has 1 aliphatic heterocycles. The lowest BCUT2D eigenvalue weighted by molar-refractivity contribution is 0.0714. The third kappa shape index (κ3) is 3.77. The maximum Gasteiger partial charge on any atom is 0.273 e. The van der Waals surface area contributed by atoms with E-state index < -0.39 is 0 Å². The lowest BCUT2D eigenvalue weighted by Gasteiger charge is -2.23. The van der Waals surface area contributed by atoms with Crippen LogP contribution in [0.4, 0.5) is 5.82 Å². The molecular formula is C19H21N5OS. The van der Waals surface area contributed by atoms with Crippen molar-refractivity contribution in [2.24, 2.45) is 5.92 Å². The summed E-state index contributed by atoms with van der Waals surface area (Å²) in [6, 6.07) is 9.99. The van der Waals surface area contributed by atoms with E-state index in [-0.39, 0.29) is 5.91 Å². The zero-order chi connectivity index (χ0) is 17.8. The van der Waals surface area contributed by atoms with E-state index in [9.17, 15) is 4.79 Å². The lowest BCUT2D eigenvalue weighted by atomic mass is 10.0. The molecule has 26 heavy (non-hydrogen) atoms. The van der Waals surface area contributed by atoms with Gasteiger partial charge in [0.2, 0.25) is 0 Å². The molecule has 0 saturated carbocycles. The molecule has 0 spiro atoms. The van der Waals surface area contributed by atoms with Crippen LogP contribution < -0.4 is 5.32 Å². The Bertz CT molecular complexity index is 846. The molecule has 6 nitrogen and oxygen atoms in total. The number of rotatable bonds is 5. The first-order valence-corrected chi connectivity index (χ1v) is 9.70. The Morgan fingerprint density at radius 1 is 1.23 bits per heavy atom. The molecule has 0 aromatic carbocycles. The van der Waals surface area contributed by atoms with Gasteiger partial charge < -0.3 is 14.8 Å². The van der Waals surface area contributed by atoms with Gasteiger partial charge in [0.05, 0.1) is 12.1 Å². The number of amides is 1. The predicted octanol–water partition coefficient (Wildman–Crippen LogP) is 3.11. The molecule has 1 N–H and O–H groups in total. The van der Waals surface area contributed by atoms with E-state index in [0.29, 0.717) is 18.2 Å². The average molecular weight is 367 g/mol. The van der Waals surface area contributed by atoms with Gasteiger partial charge in [-0.15, -0.1) is 11.3 Å². The number of hydrogen-bond donors (Lipinski definition) is 1. The SMILES string of the molecule is O=C(c1cscn1)N1Cc2cccn2C[C@H](CCNc2ccccn2)C1. The average Bonchev–Trinajstić information content (AvgIpc) is 3.31. The highest BCUT2D eigenvalue weighted by Gasteiger charge is 2.26. The minimum absolute atomic E-state index is 0.0172. The fourth-order valence-electron chi connectivity index (χ4n) is 3.37. The van der Waals surface area contributed by atoms with Crippen LogP contribution in [0.5, 0.6) is 0 Å². The van der Waals surface area contributed by atoms with Gasteiger partial charge in [0.25, 0.3) is 5.91 Å². The molecule has 4 heterocycles. The Hall–Kier alpha value is -2.67. The van der Waals surface area contributed by atoms with Crippen molar-refractivity contribution in [1.29, 1.82) is 0 Å². The maximum atomic E-state index is 12.8. The minimum Gasteiger partial charge on any atom is -0.370 e. The van der Waals surface area contributed by atoms with Crippen molar-refractivity contribution in [3.63, 3.8) is 0 Å². The second kappa shape index (κ2) is 7.70. The van der Waals surface area contributed by atoms with E-state index in [1.54, 1.807) is 11.7 Å². The highest BCUT2D eigenvalue weighted by atomic mass is 32.1. The van der Waals surface area contributed by atoms with Gasteiger partial charge in [-0.25, -0.2) is 9.97 Å². The molecule has 0 saturated heterocycles. The molecule has 4 rings (SSSR count). The second-order valence-corrected chi connectivity index (χ2v) is 7.23. The van der Waals surface area contributed by atoms with Gasteiger partial charge >= 0.3 is 0 Å². The van der Waals surface area contributed by atoms with Crippen molar-refractivity contribution in [2.75, 3.05) is 18.4 Å². The van der Waals surface area contributed by atoms with Crippen LogP contribution >= 0.6 is 11.3 Å². The monoisotopic (exact) mass is 367 g/mol. The van der Waals surface area contributed by atoms with Crippen molar-refractivity contribution in [3.8, 4) is 0 Å². The number of thiazole rings is 1. The van der Waals surface area contributed by atoms with Crippen LogP contribution in [0.15, 0.2) is 53.6 Å². The van der Waals surface area contributed by atoms with Crippen LogP contribution in [-0.4, -0.2) is 38.4 Å². The Morgan fingerprint density at radius 2 is 2.19 bits per heavy atom. The lowest BCUT2D eigenvalue weighted by Crippen LogP contribution is -2.34. The predicted molar refractivity (Wildman–Crippen MR) is 102 cm³/mol. The standard InChI is InChI=1S/C19H21N5OS/c25-19(17-13-26-14-22-17)24-11-15(10-23-9-3-4-16(23)12-24)6-8-21-18-5-1-2-7-20-18/h1-5,7,9,13-15H,6,8,10-12H2,(H,20,21)/t15-/m0/s1. The minimum atomic E-state index is 0.0172. The van der Waals surface area contributed by atoms with E-state index >= 15 is 0 Å². The third-order valence-electron chi connectivity index (χ3n) is 4.67. The molecule has 3 aromatic rings. The summed E-state index contributed by atoms with van der Waals surface area (Å²) >= 11 is 1.46. The highest BCUT2D eigenvalue weighted by molar-refractivity contribution is 7.07. The van der Waals surface area contributed by atoms with Crippen molar-refractivity contribution < 1.29 is 4.79 Å². The number of carbonyl (C=O) groups excluding carboxylic acids is 1. The molecule has 7 heteroatoms.